The topological polar surface area (TPSA) is 21.3 Å². The molecule has 0 saturated carbocycles. The first-order valence-electron chi connectivity index (χ1n) is 5.62. The van der Waals surface area contributed by atoms with Gasteiger partial charge in [0.1, 0.15) is 5.82 Å². The minimum atomic E-state index is -0.241. The van der Waals surface area contributed by atoms with Crippen molar-refractivity contribution < 1.29 is 9.13 Å². The molecule has 0 radical (unpaired) electrons. The van der Waals surface area contributed by atoms with Gasteiger partial charge in [0.05, 0.1) is 17.7 Å². The van der Waals surface area contributed by atoms with E-state index in [1.165, 1.54) is 6.07 Å². The summed E-state index contributed by atoms with van der Waals surface area (Å²) in [6, 6.07) is 5.57. The summed E-state index contributed by atoms with van der Waals surface area (Å²) in [7, 11) is 0. The smallest absolute Gasteiger partial charge is 0.137 e. The maximum absolute atomic E-state index is 13.0. The van der Waals surface area contributed by atoms with Crippen molar-refractivity contribution in [1.29, 1.82) is 0 Å². The van der Waals surface area contributed by atoms with Crippen LogP contribution in [-0.4, -0.2) is 25.3 Å². The molecule has 1 saturated heterocycles. The molecule has 2 nitrogen and oxygen atoms in total. The van der Waals surface area contributed by atoms with E-state index in [9.17, 15) is 4.39 Å². The summed E-state index contributed by atoms with van der Waals surface area (Å²) in [5.41, 5.74) is 0.971. The Hall–Kier alpha value is -0.710. The molecule has 0 amide bonds. The van der Waals surface area contributed by atoms with Crippen molar-refractivity contribution in [2.24, 2.45) is 0 Å². The Kier molecular flexibility index (Phi) is 4.31. The van der Waals surface area contributed by atoms with Crippen LogP contribution in [0.15, 0.2) is 28.7 Å². The second-order valence-electron chi connectivity index (χ2n) is 4.24. The maximum Gasteiger partial charge on any atom is 0.137 e. The van der Waals surface area contributed by atoms with Gasteiger partial charge in [-0.05, 0) is 40.5 Å². The molecular weight excluding hydrogens is 285 g/mol. The molecule has 2 unspecified atom stereocenters. The Morgan fingerprint density at radius 1 is 1.47 bits per heavy atom. The second kappa shape index (κ2) is 5.76. The van der Waals surface area contributed by atoms with E-state index < -0.39 is 0 Å². The summed E-state index contributed by atoms with van der Waals surface area (Å²) in [5.74, 6) is -0.241. The number of morpholine rings is 1. The molecule has 1 aromatic carbocycles. The lowest BCUT2D eigenvalue weighted by Gasteiger charge is -2.26. The first kappa shape index (κ1) is 12.7. The average Bonchev–Trinajstić information content (AvgIpc) is 2.31. The Balaban J connectivity index is 2.01. The highest BCUT2D eigenvalue weighted by molar-refractivity contribution is 9.10. The van der Waals surface area contributed by atoms with E-state index in [1.54, 1.807) is 12.1 Å². The predicted molar refractivity (Wildman–Crippen MR) is 70.3 cm³/mol. The SMILES string of the molecule is CC1COCC(/C=C/c2ccc(F)c(Br)c2)N1. The van der Waals surface area contributed by atoms with Crippen LogP contribution in [0, 0.1) is 5.82 Å². The first-order chi connectivity index (χ1) is 8.15. The number of nitrogens with one attached hydrogen (secondary N) is 1. The summed E-state index contributed by atoms with van der Waals surface area (Å²) in [4.78, 5) is 0. The van der Waals surface area contributed by atoms with E-state index in [2.05, 4.69) is 34.2 Å². The van der Waals surface area contributed by atoms with Gasteiger partial charge in [-0.25, -0.2) is 4.39 Å². The van der Waals surface area contributed by atoms with Gasteiger partial charge in [0.2, 0.25) is 0 Å². The van der Waals surface area contributed by atoms with Gasteiger partial charge in [0.15, 0.2) is 0 Å². The molecule has 0 aromatic heterocycles. The van der Waals surface area contributed by atoms with Crippen molar-refractivity contribution >= 4 is 22.0 Å². The summed E-state index contributed by atoms with van der Waals surface area (Å²) >= 11 is 3.17. The molecule has 1 heterocycles. The van der Waals surface area contributed by atoms with Crippen molar-refractivity contribution in [2.75, 3.05) is 13.2 Å². The summed E-state index contributed by atoms with van der Waals surface area (Å²) in [6.07, 6.45) is 4.03. The highest BCUT2D eigenvalue weighted by Gasteiger charge is 2.15. The minimum absolute atomic E-state index is 0.225. The highest BCUT2D eigenvalue weighted by Crippen LogP contribution is 2.18. The van der Waals surface area contributed by atoms with Crippen molar-refractivity contribution in [1.82, 2.24) is 5.32 Å². The molecule has 1 aliphatic heterocycles. The van der Waals surface area contributed by atoms with E-state index in [4.69, 9.17) is 4.74 Å². The van der Waals surface area contributed by atoms with Gasteiger partial charge in [-0.3, -0.25) is 0 Å². The molecule has 0 spiro atoms. The monoisotopic (exact) mass is 299 g/mol. The Bertz CT molecular complexity index is 422. The Labute approximate surface area is 109 Å². The highest BCUT2D eigenvalue weighted by atomic mass is 79.9. The fourth-order valence-electron chi connectivity index (χ4n) is 1.79. The molecule has 2 rings (SSSR count). The molecule has 0 bridgehead atoms. The van der Waals surface area contributed by atoms with Gasteiger partial charge in [-0.2, -0.15) is 0 Å². The first-order valence-corrected chi connectivity index (χ1v) is 6.41. The van der Waals surface area contributed by atoms with Crippen molar-refractivity contribution in [3.8, 4) is 0 Å². The molecule has 4 heteroatoms. The van der Waals surface area contributed by atoms with Crippen LogP contribution in [-0.2, 0) is 4.74 Å². The lowest BCUT2D eigenvalue weighted by atomic mass is 10.1. The molecule has 2 atom stereocenters. The fourth-order valence-corrected chi connectivity index (χ4v) is 2.18. The molecule has 0 aliphatic carbocycles. The lowest BCUT2D eigenvalue weighted by molar-refractivity contribution is 0.0637. The lowest BCUT2D eigenvalue weighted by Crippen LogP contribution is -2.46. The fraction of sp³-hybridized carbons (Fsp3) is 0.385. The van der Waals surface area contributed by atoms with Gasteiger partial charge in [0, 0.05) is 12.1 Å². The molecular formula is C13H15BrFNO. The molecule has 1 N–H and O–H groups in total. The van der Waals surface area contributed by atoms with Crippen LogP contribution in [0.5, 0.6) is 0 Å². The van der Waals surface area contributed by atoms with Gasteiger partial charge >= 0.3 is 0 Å². The number of halogens is 2. The summed E-state index contributed by atoms with van der Waals surface area (Å²) in [6.45, 7) is 3.53. The van der Waals surface area contributed by atoms with Crippen LogP contribution in [0.4, 0.5) is 4.39 Å². The van der Waals surface area contributed by atoms with Gasteiger partial charge in [-0.1, -0.05) is 18.2 Å². The molecule has 1 aliphatic rings. The van der Waals surface area contributed by atoms with Gasteiger partial charge in [-0.15, -0.1) is 0 Å². The van der Waals surface area contributed by atoms with Crippen LogP contribution < -0.4 is 5.32 Å². The zero-order valence-corrected chi connectivity index (χ0v) is 11.2. The van der Waals surface area contributed by atoms with Crippen LogP contribution in [0.1, 0.15) is 12.5 Å². The third-order valence-corrected chi connectivity index (χ3v) is 3.24. The van der Waals surface area contributed by atoms with Crippen LogP contribution in [0.25, 0.3) is 6.08 Å². The van der Waals surface area contributed by atoms with E-state index in [1.807, 2.05) is 6.08 Å². The molecule has 1 fully saturated rings. The van der Waals surface area contributed by atoms with Crippen LogP contribution in [0.3, 0.4) is 0 Å². The van der Waals surface area contributed by atoms with Crippen LogP contribution >= 0.6 is 15.9 Å². The number of ether oxygens (including phenoxy) is 1. The zero-order valence-electron chi connectivity index (χ0n) is 9.62. The zero-order chi connectivity index (χ0) is 12.3. The van der Waals surface area contributed by atoms with Gasteiger partial charge < -0.3 is 10.1 Å². The number of hydrogen-bond donors (Lipinski definition) is 1. The average molecular weight is 300 g/mol. The van der Waals surface area contributed by atoms with E-state index in [0.717, 1.165) is 12.2 Å². The Morgan fingerprint density at radius 3 is 3.00 bits per heavy atom. The quantitative estimate of drug-likeness (QED) is 0.906. The van der Waals surface area contributed by atoms with Crippen molar-refractivity contribution in [3.05, 3.63) is 40.1 Å². The second-order valence-corrected chi connectivity index (χ2v) is 5.10. The normalized spacial score (nSPS) is 25.4. The molecule has 92 valence electrons. The van der Waals surface area contributed by atoms with Gasteiger partial charge in [0.25, 0.3) is 0 Å². The number of benzene rings is 1. The summed E-state index contributed by atoms with van der Waals surface area (Å²) < 4.78 is 19.0. The molecule has 17 heavy (non-hydrogen) atoms. The van der Waals surface area contributed by atoms with Crippen molar-refractivity contribution in [3.63, 3.8) is 0 Å². The van der Waals surface area contributed by atoms with E-state index >= 15 is 0 Å². The van der Waals surface area contributed by atoms with Crippen LogP contribution in [0.2, 0.25) is 0 Å². The standard InChI is InChI=1S/C13H15BrFNO/c1-9-7-17-8-11(16-9)4-2-10-3-5-13(15)12(14)6-10/h2-6,9,11,16H,7-8H2,1H3/b4-2+. The minimum Gasteiger partial charge on any atom is -0.378 e. The third-order valence-electron chi connectivity index (χ3n) is 2.63. The molecule has 1 aromatic rings. The van der Waals surface area contributed by atoms with E-state index in [0.29, 0.717) is 17.1 Å². The maximum atomic E-state index is 13.0. The third kappa shape index (κ3) is 3.63. The predicted octanol–water partition coefficient (Wildman–Crippen LogP) is 2.98. The largest absolute Gasteiger partial charge is 0.378 e. The number of hydrogen-bond acceptors (Lipinski definition) is 2. The van der Waals surface area contributed by atoms with E-state index in [-0.39, 0.29) is 11.9 Å². The Morgan fingerprint density at radius 2 is 2.29 bits per heavy atom. The number of rotatable bonds is 2. The summed E-state index contributed by atoms with van der Waals surface area (Å²) in [5, 5.41) is 3.41. The van der Waals surface area contributed by atoms with Crippen molar-refractivity contribution in [2.45, 2.75) is 19.0 Å².